The first-order valence-electron chi connectivity index (χ1n) is 5.21. The first-order chi connectivity index (χ1) is 8.58. The maximum Gasteiger partial charge on any atom is 0.260 e. The number of aromatic nitrogens is 2. The Labute approximate surface area is 113 Å². The smallest absolute Gasteiger partial charge is 0.260 e. The SMILES string of the molecule is Cc1cc(Br)cnc1NC(=O)c1cnccc1N. The summed E-state index contributed by atoms with van der Waals surface area (Å²) in [4.78, 5) is 20.0. The van der Waals surface area contributed by atoms with Crippen molar-refractivity contribution in [1.29, 1.82) is 0 Å². The van der Waals surface area contributed by atoms with Crippen LogP contribution in [0.5, 0.6) is 0 Å². The van der Waals surface area contributed by atoms with Crippen molar-refractivity contribution in [1.82, 2.24) is 9.97 Å². The van der Waals surface area contributed by atoms with E-state index in [-0.39, 0.29) is 5.91 Å². The zero-order valence-corrected chi connectivity index (χ0v) is 11.2. The number of amides is 1. The summed E-state index contributed by atoms with van der Waals surface area (Å²) in [6, 6.07) is 3.45. The van der Waals surface area contributed by atoms with Gasteiger partial charge in [-0.2, -0.15) is 0 Å². The van der Waals surface area contributed by atoms with E-state index < -0.39 is 0 Å². The van der Waals surface area contributed by atoms with E-state index in [1.807, 2.05) is 13.0 Å². The molecule has 0 aliphatic heterocycles. The number of hydrogen-bond acceptors (Lipinski definition) is 4. The number of halogens is 1. The highest BCUT2D eigenvalue weighted by Crippen LogP contribution is 2.18. The Balaban J connectivity index is 2.24. The van der Waals surface area contributed by atoms with Gasteiger partial charge in [0.1, 0.15) is 5.82 Å². The molecule has 0 unspecified atom stereocenters. The molecule has 0 aliphatic rings. The second kappa shape index (κ2) is 5.14. The topological polar surface area (TPSA) is 80.9 Å². The predicted molar refractivity (Wildman–Crippen MR) is 73.3 cm³/mol. The summed E-state index contributed by atoms with van der Waals surface area (Å²) in [6.45, 7) is 1.86. The summed E-state index contributed by atoms with van der Waals surface area (Å²) in [7, 11) is 0. The van der Waals surface area contributed by atoms with Crippen LogP contribution in [0.3, 0.4) is 0 Å². The number of nitrogens with one attached hydrogen (secondary N) is 1. The van der Waals surface area contributed by atoms with Crippen LogP contribution >= 0.6 is 15.9 Å². The number of hydrogen-bond donors (Lipinski definition) is 2. The van der Waals surface area contributed by atoms with Gasteiger partial charge in [-0.05, 0) is 40.5 Å². The van der Waals surface area contributed by atoms with Gasteiger partial charge in [-0.1, -0.05) is 0 Å². The summed E-state index contributed by atoms with van der Waals surface area (Å²) >= 11 is 3.31. The van der Waals surface area contributed by atoms with Crippen LogP contribution in [0.1, 0.15) is 15.9 Å². The Morgan fingerprint density at radius 1 is 1.44 bits per heavy atom. The normalized spacial score (nSPS) is 10.1. The van der Waals surface area contributed by atoms with E-state index >= 15 is 0 Å². The molecule has 0 bridgehead atoms. The van der Waals surface area contributed by atoms with Gasteiger partial charge in [0.05, 0.1) is 5.56 Å². The second-order valence-corrected chi connectivity index (χ2v) is 4.65. The molecule has 2 aromatic rings. The van der Waals surface area contributed by atoms with Crippen LogP contribution < -0.4 is 11.1 Å². The third kappa shape index (κ3) is 2.65. The lowest BCUT2D eigenvalue weighted by molar-refractivity contribution is 0.102. The minimum atomic E-state index is -0.321. The van der Waals surface area contributed by atoms with Gasteiger partial charge < -0.3 is 11.1 Å². The molecule has 0 aromatic carbocycles. The highest BCUT2D eigenvalue weighted by molar-refractivity contribution is 9.10. The molecule has 2 rings (SSSR count). The van der Waals surface area contributed by atoms with Gasteiger partial charge in [-0.15, -0.1) is 0 Å². The molecular weight excluding hydrogens is 296 g/mol. The van der Waals surface area contributed by atoms with Crippen LogP contribution in [-0.4, -0.2) is 15.9 Å². The summed E-state index contributed by atoms with van der Waals surface area (Å²) in [5.41, 5.74) is 7.29. The molecule has 2 heterocycles. The monoisotopic (exact) mass is 306 g/mol. The molecule has 0 spiro atoms. The molecule has 6 heteroatoms. The van der Waals surface area contributed by atoms with Gasteiger partial charge in [0.15, 0.2) is 0 Å². The lowest BCUT2D eigenvalue weighted by atomic mass is 10.2. The number of carbonyl (C=O) groups is 1. The van der Waals surface area contributed by atoms with Gasteiger partial charge in [-0.25, -0.2) is 4.98 Å². The van der Waals surface area contributed by atoms with E-state index in [9.17, 15) is 4.79 Å². The Morgan fingerprint density at radius 2 is 2.22 bits per heavy atom. The molecule has 0 saturated heterocycles. The van der Waals surface area contributed by atoms with E-state index in [4.69, 9.17) is 5.73 Å². The van der Waals surface area contributed by atoms with E-state index in [2.05, 4.69) is 31.2 Å². The van der Waals surface area contributed by atoms with E-state index in [1.165, 1.54) is 12.4 Å². The molecule has 18 heavy (non-hydrogen) atoms. The molecule has 5 nitrogen and oxygen atoms in total. The number of aryl methyl sites for hydroxylation is 1. The summed E-state index contributed by atoms with van der Waals surface area (Å²) < 4.78 is 0.860. The van der Waals surface area contributed by atoms with Crippen molar-refractivity contribution in [3.8, 4) is 0 Å². The average Bonchev–Trinajstić information content (AvgIpc) is 2.33. The van der Waals surface area contributed by atoms with Crippen LogP contribution in [0.4, 0.5) is 11.5 Å². The van der Waals surface area contributed by atoms with Crippen molar-refractivity contribution in [2.24, 2.45) is 0 Å². The number of nitrogens with two attached hydrogens (primary N) is 1. The van der Waals surface area contributed by atoms with Crippen LogP contribution in [0, 0.1) is 6.92 Å². The molecule has 2 aromatic heterocycles. The number of rotatable bonds is 2. The van der Waals surface area contributed by atoms with Gasteiger partial charge in [0.25, 0.3) is 5.91 Å². The Kier molecular flexibility index (Phi) is 3.57. The van der Waals surface area contributed by atoms with Crippen molar-refractivity contribution < 1.29 is 4.79 Å². The maximum absolute atomic E-state index is 12.0. The largest absolute Gasteiger partial charge is 0.398 e. The standard InChI is InChI=1S/C12H11BrN4O/c1-7-4-8(13)5-16-11(7)17-12(18)9-6-15-3-2-10(9)14/h2-6H,1H3,(H2,14,15)(H,16,17,18). The van der Waals surface area contributed by atoms with Crippen LogP contribution in [0.2, 0.25) is 0 Å². The third-order valence-corrected chi connectivity index (χ3v) is 2.81. The number of anilines is 2. The fourth-order valence-electron chi connectivity index (χ4n) is 1.44. The van der Waals surface area contributed by atoms with Crippen molar-refractivity contribution in [2.75, 3.05) is 11.1 Å². The van der Waals surface area contributed by atoms with Crippen LogP contribution in [0.15, 0.2) is 35.2 Å². The molecule has 0 aliphatic carbocycles. The molecule has 92 valence electrons. The molecule has 3 N–H and O–H groups in total. The first-order valence-corrected chi connectivity index (χ1v) is 6.00. The molecular formula is C12H11BrN4O. The third-order valence-electron chi connectivity index (χ3n) is 2.38. The zero-order valence-electron chi connectivity index (χ0n) is 9.64. The minimum Gasteiger partial charge on any atom is -0.398 e. The fourth-order valence-corrected chi connectivity index (χ4v) is 1.89. The lowest BCUT2D eigenvalue weighted by Crippen LogP contribution is -2.16. The van der Waals surface area contributed by atoms with Gasteiger partial charge in [0.2, 0.25) is 0 Å². The molecule has 0 atom stereocenters. The Morgan fingerprint density at radius 3 is 2.89 bits per heavy atom. The summed E-state index contributed by atoms with van der Waals surface area (Å²) in [5.74, 6) is 0.185. The number of nitrogens with zero attached hydrogens (tertiary/aromatic N) is 2. The van der Waals surface area contributed by atoms with Crippen LogP contribution in [0.25, 0.3) is 0 Å². The van der Waals surface area contributed by atoms with Crippen molar-refractivity contribution >= 4 is 33.3 Å². The van der Waals surface area contributed by atoms with Gasteiger partial charge in [-0.3, -0.25) is 9.78 Å². The first kappa shape index (κ1) is 12.5. The number of nitrogen functional groups attached to an aromatic ring is 1. The Hall–Kier alpha value is -1.95. The quantitative estimate of drug-likeness (QED) is 0.892. The summed E-state index contributed by atoms with van der Waals surface area (Å²) in [5, 5.41) is 2.70. The summed E-state index contributed by atoms with van der Waals surface area (Å²) in [6.07, 6.45) is 4.59. The van der Waals surface area contributed by atoms with Gasteiger partial charge >= 0.3 is 0 Å². The number of carbonyl (C=O) groups excluding carboxylic acids is 1. The molecule has 0 fully saturated rings. The molecule has 0 radical (unpaired) electrons. The minimum absolute atomic E-state index is 0.321. The maximum atomic E-state index is 12.0. The second-order valence-electron chi connectivity index (χ2n) is 3.74. The van der Waals surface area contributed by atoms with Crippen molar-refractivity contribution in [2.45, 2.75) is 6.92 Å². The lowest BCUT2D eigenvalue weighted by Gasteiger charge is -2.08. The Bertz CT molecular complexity index is 600. The predicted octanol–water partition coefficient (Wildman–Crippen LogP) is 2.38. The molecule has 0 saturated carbocycles. The molecule has 1 amide bonds. The highest BCUT2D eigenvalue weighted by Gasteiger charge is 2.11. The van der Waals surface area contributed by atoms with E-state index in [0.29, 0.717) is 17.1 Å². The average molecular weight is 307 g/mol. The van der Waals surface area contributed by atoms with E-state index in [1.54, 1.807) is 12.3 Å². The van der Waals surface area contributed by atoms with Crippen molar-refractivity contribution in [3.63, 3.8) is 0 Å². The number of pyridine rings is 2. The zero-order chi connectivity index (χ0) is 13.1. The van der Waals surface area contributed by atoms with Crippen molar-refractivity contribution in [3.05, 3.63) is 46.3 Å². The fraction of sp³-hybridized carbons (Fsp3) is 0.0833. The van der Waals surface area contributed by atoms with Gasteiger partial charge in [0, 0.05) is 28.8 Å². The highest BCUT2D eigenvalue weighted by atomic mass is 79.9. The van der Waals surface area contributed by atoms with Crippen LogP contribution in [-0.2, 0) is 0 Å². The van der Waals surface area contributed by atoms with E-state index in [0.717, 1.165) is 10.0 Å².